The molecule has 1 amide bonds. The molecule has 0 atom stereocenters. The normalized spacial score (nSPS) is 10.2. The highest BCUT2D eigenvalue weighted by Crippen LogP contribution is 2.14. The molecule has 2 aromatic rings. The largest absolute Gasteiger partial charge is 0.385 e. The van der Waals surface area contributed by atoms with Crippen LogP contribution in [0.1, 0.15) is 22.8 Å². The maximum Gasteiger partial charge on any atom is 0.253 e. The van der Waals surface area contributed by atoms with Crippen molar-refractivity contribution >= 4 is 22.9 Å². The summed E-state index contributed by atoms with van der Waals surface area (Å²) in [6.07, 6.45) is 0.874. The van der Waals surface area contributed by atoms with Gasteiger partial charge in [0.2, 0.25) is 0 Å². The van der Waals surface area contributed by atoms with Crippen molar-refractivity contribution in [2.75, 3.05) is 18.4 Å². The SMILES string of the molecule is CCNc1ccccc1C(=O)NCCc1ccsc1. The average Bonchev–Trinajstić information content (AvgIpc) is 2.93. The van der Waals surface area contributed by atoms with E-state index in [-0.39, 0.29) is 5.91 Å². The summed E-state index contributed by atoms with van der Waals surface area (Å²) < 4.78 is 0. The van der Waals surface area contributed by atoms with E-state index in [0.717, 1.165) is 18.7 Å². The van der Waals surface area contributed by atoms with Crippen LogP contribution in [0.25, 0.3) is 0 Å². The van der Waals surface area contributed by atoms with Gasteiger partial charge in [-0.2, -0.15) is 11.3 Å². The number of hydrogen-bond donors (Lipinski definition) is 2. The Morgan fingerprint density at radius 2 is 2.11 bits per heavy atom. The Kier molecular flexibility index (Phi) is 4.98. The maximum absolute atomic E-state index is 12.1. The van der Waals surface area contributed by atoms with Gasteiger partial charge in [0.1, 0.15) is 0 Å². The number of hydrogen-bond acceptors (Lipinski definition) is 3. The zero-order valence-electron chi connectivity index (χ0n) is 11.0. The molecular formula is C15H18N2OS. The van der Waals surface area contributed by atoms with Crippen LogP contribution in [0.2, 0.25) is 0 Å². The molecule has 0 fully saturated rings. The Labute approximate surface area is 117 Å². The zero-order chi connectivity index (χ0) is 13.5. The van der Waals surface area contributed by atoms with Gasteiger partial charge in [0.25, 0.3) is 5.91 Å². The predicted molar refractivity (Wildman–Crippen MR) is 81.0 cm³/mol. The maximum atomic E-state index is 12.1. The highest BCUT2D eigenvalue weighted by atomic mass is 32.1. The molecule has 0 unspecified atom stereocenters. The summed E-state index contributed by atoms with van der Waals surface area (Å²) in [6, 6.07) is 9.67. The van der Waals surface area contributed by atoms with Crippen LogP contribution in [0.5, 0.6) is 0 Å². The molecule has 100 valence electrons. The second-order valence-electron chi connectivity index (χ2n) is 4.21. The number of para-hydroxylation sites is 1. The molecule has 2 rings (SSSR count). The monoisotopic (exact) mass is 274 g/mol. The third kappa shape index (κ3) is 3.83. The summed E-state index contributed by atoms with van der Waals surface area (Å²) in [4.78, 5) is 12.1. The molecule has 19 heavy (non-hydrogen) atoms. The zero-order valence-corrected chi connectivity index (χ0v) is 11.8. The summed E-state index contributed by atoms with van der Waals surface area (Å²) in [6.45, 7) is 3.49. The van der Waals surface area contributed by atoms with Crippen LogP contribution in [-0.2, 0) is 6.42 Å². The van der Waals surface area contributed by atoms with Gasteiger partial charge in [-0.25, -0.2) is 0 Å². The standard InChI is InChI=1S/C15H18N2OS/c1-2-16-14-6-4-3-5-13(14)15(18)17-9-7-12-8-10-19-11-12/h3-6,8,10-11,16H,2,7,9H2,1H3,(H,17,18). The minimum atomic E-state index is -0.0215. The van der Waals surface area contributed by atoms with Gasteiger partial charge in [-0.1, -0.05) is 12.1 Å². The number of benzene rings is 1. The van der Waals surface area contributed by atoms with Gasteiger partial charge in [0, 0.05) is 18.8 Å². The van der Waals surface area contributed by atoms with Crippen LogP contribution in [0, 0.1) is 0 Å². The summed E-state index contributed by atoms with van der Waals surface area (Å²) >= 11 is 1.68. The molecule has 0 spiro atoms. The fraction of sp³-hybridized carbons (Fsp3) is 0.267. The van der Waals surface area contributed by atoms with Crippen LogP contribution < -0.4 is 10.6 Å². The van der Waals surface area contributed by atoms with E-state index in [1.165, 1.54) is 5.56 Å². The van der Waals surface area contributed by atoms with Crippen molar-refractivity contribution in [2.24, 2.45) is 0 Å². The second-order valence-corrected chi connectivity index (χ2v) is 4.99. The highest BCUT2D eigenvalue weighted by Gasteiger charge is 2.09. The van der Waals surface area contributed by atoms with Crippen molar-refractivity contribution in [2.45, 2.75) is 13.3 Å². The number of anilines is 1. The lowest BCUT2D eigenvalue weighted by molar-refractivity contribution is 0.0955. The molecule has 4 heteroatoms. The molecule has 1 aromatic carbocycles. The molecule has 0 bridgehead atoms. The average molecular weight is 274 g/mol. The molecule has 1 aromatic heterocycles. The summed E-state index contributed by atoms with van der Waals surface area (Å²) in [7, 11) is 0. The molecule has 1 heterocycles. The van der Waals surface area contributed by atoms with Gasteiger partial charge in [-0.3, -0.25) is 4.79 Å². The predicted octanol–water partition coefficient (Wildman–Crippen LogP) is 3.15. The van der Waals surface area contributed by atoms with E-state index in [2.05, 4.69) is 27.5 Å². The van der Waals surface area contributed by atoms with E-state index in [1.807, 2.05) is 31.2 Å². The van der Waals surface area contributed by atoms with Crippen molar-refractivity contribution in [1.82, 2.24) is 5.32 Å². The Hall–Kier alpha value is -1.81. The molecule has 0 aliphatic carbocycles. The van der Waals surface area contributed by atoms with Crippen LogP contribution in [0.3, 0.4) is 0 Å². The first-order valence-electron chi connectivity index (χ1n) is 6.43. The fourth-order valence-corrected chi connectivity index (χ4v) is 2.58. The fourth-order valence-electron chi connectivity index (χ4n) is 1.88. The minimum absolute atomic E-state index is 0.0215. The minimum Gasteiger partial charge on any atom is -0.385 e. The molecule has 0 aliphatic rings. The van der Waals surface area contributed by atoms with Gasteiger partial charge in [-0.15, -0.1) is 0 Å². The first kappa shape index (κ1) is 13.6. The number of thiophene rings is 1. The third-order valence-electron chi connectivity index (χ3n) is 2.82. The summed E-state index contributed by atoms with van der Waals surface area (Å²) in [5.74, 6) is -0.0215. The van der Waals surface area contributed by atoms with Gasteiger partial charge >= 0.3 is 0 Å². The van der Waals surface area contributed by atoms with Crippen LogP contribution in [0.15, 0.2) is 41.1 Å². The number of rotatable bonds is 6. The first-order chi connectivity index (χ1) is 9.31. The molecule has 0 radical (unpaired) electrons. The van der Waals surface area contributed by atoms with Gasteiger partial charge in [0.05, 0.1) is 5.56 Å². The van der Waals surface area contributed by atoms with Gasteiger partial charge < -0.3 is 10.6 Å². The number of carbonyl (C=O) groups excluding carboxylic acids is 1. The number of amides is 1. The van der Waals surface area contributed by atoms with Crippen LogP contribution in [0.4, 0.5) is 5.69 Å². The van der Waals surface area contributed by atoms with Gasteiger partial charge in [-0.05, 0) is 47.9 Å². The third-order valence-corrected chi connectivity index (χ3v) is 3.55. The van der Waals surface area contributed by atoms with Crippen LogP contribution in [-0.4, -0.2) is 19.0 Å². The van der Waals surface area contributed by atoms with E-state index in [9.17, 15) is 4.79 Å². The molecular weight excluding hydrogens is 256 g/mol. The van der Waals surface area contributed by atoms with Crippen molar-refractivity contribution in [1.29, 1.82) is 0 Å². The second kappa shape index (κ2) is 6.95. The molecule has 0 saturated heterocycles. The van der Waals surface area contributed by atoms with E-state index >= 15 is 0 Å². The van der Waals surface area contributed by atoms with E-state index < -0.39 is 0 Å². The van der Waals surface area contributed by atoms with Crippen molar-refractivity contribution in [3.8, 4) is 0 Å². The lowest BCUT2D eigenvalue weighted by Gasteiger charge is -2.10. The summed E-state index contributed by atoms with van der Waals surface area (Å²) in [5.41, 5.74) is 2.86. The van der Waals surface area contributed by atoms with E-state index in [0.29, 0.717) is 12.1 Å². The number of carbonyl (C=O) groups is 1. The van der Waals surface area contributed by atoms with Crippen LogP contribution >= 0.6 is 11.3 Å². The topological polar surface area (TPSA) is 41.1 Å². The Bertz CT molecular complexity index is 523. The smallest absolute Gasteiger partial charge is 0.253 e. The Balaban J connectivity index is 1.92. The lowest BCUT2D eigenvalue weighted by Crippen LogP contribution is -2.26. The molecule has 0 aliphatic heterocycles. The highest BCUT2D eigenvalue weighted by molar-refractivity contribution is 7.07. The first-order valence-corrected chi connectivity index (χ1v) is 7.37. The molecule has 3 nitrogen and oxygen atoms in total. The molecule has 0 saturated carbocycles. The quantitative estimate of drug-likeness (QED) is 0.849. The lowest BCUT2D eigenvalue weighted by atomic mass is 10.1. The van der Waals surface area contributed by atoms with Crippen molar-refractivity contribution in [3.63, 3.8) is 0 Å². The Morgan fingerprint density at radius 3 is 2.84 bits per heavy atom. The van der Waals surface area contributed by atoms with Crippen molar-refractivity contribution < 1.29 is 4.79 Å². The summed E-state index contributed by atoms with van der Waals surface area (Å²) in [5, 5.41) is 10.3. The number of nitrogens with one attached hydrogen (secondary N) is 2. The van der Waals surface area contributed by atoms with E-state index in [1.54, 1.807) is 11.3 Å². The van der Waals surface area contributed by atoms with Crippen molar-refractivity contribution in [3.05, 3.63) is 52.2 Å². The van der Waals surface area contributed by atoms with E-state index in [4.69, 9.17) is 0 Å². The molecule has 2 N–H and O–H groups in total. The Morgan fingerprint density at radius 1 is 1.26 bits per heavy atom. The van der Waals surface area contributed by atoms with Gasteiger partial charge in [0.15, 0.2) is 0 Å².